The van der Waals surface area contributed by atoms with E-state index in [4.69, 9.17) is 4.74 Å². The summed E-state index contributed by atoms with van der Waals surface area (Å²) in [4.78, 5) is 12.3. The van der Waals surface area contributed by atoms with Crippen molar-refractivity contribution in [3.8, 4) is 17.7 Å². The first-order valence-corrected chi connectivity index (χ1v) is 7.95. The fourth-order valence-corrected chi connectivity index (χ4v) is 2.36. The number of unbranched alkanes of at least 4 members (excludes halogenated alkanes) is 1. The predicted molar refractivity (Wildman–Crippen MR) is 93.9 cm³/mol. The van der Waals surface area contributed by atoms with E-state index in [-0.39, 0.29) is 17.1 Å². The molecular formula is C18H20N4O3. The Morgan fingerprint density at radius 1 is 1.36 bits per heavy atom. The minimum atomic E-state index is -0.508. The van der Waals surface area contributed by atoms with Crippen molar-refractivity contribution in [1.29, 1.82) is 5.26 Å². The molecule has 130 valence electrons. The van der Waals surface area contributed by atoms with Crippen LogP contribution in [0.4, 0.5) is 11.4 Å². The van der Waals surface area contributed by atoms with Gasteiger partial charge >= 0.3 is 0 Å². The molecule has 0 unspecified atom stereocenters. The summed E-state index contributed by atoms with van der Waals surface area (Å²) in [6.07, 6.45) is 1.55. The smallest absolute Gasteiger partial charge is 0.271 e. The van der Waals surface area contributed by atoms with Gasteiger partial charge in [0.2, 0.25) is 5.88 Å². The Hall–Kier alpha value is -3.14. The molecule has 1 aromatic carbocycles. The van der Waals surface area contributed by atoms with E-state index < -0.39 is 5.56 Å². The molecule has 0 amide bonds. The second-order valence-electron chi connectivity index (χ2n) is 5.50. The number of methoxy groups -OCH3 is 1. The Labute approximate surface area is 145 Å². The largest absolute Gasteiger partial charge is 0.497 e. The fourth-order valence-electron chi connectivity index (χ4n) is 2.36. The molecule has 0 fully saturated rings. The van der Waals surface area contributed by atoms with Crippen LogP contribution in [0, 0.1) is 18.3 Å². The van der Waals surface area contributed by atoms with Gasteiger partial charge in [-0.15, -0.1) is 5.11 Å². The number of benzene rings is 1. The first-order chi connectivity index (χ1) is 12.0. The summed E-state index contributed by atoms with van der Waals surface area (Å²) in [6, 6.07) is 8.86. The number of hydrogen-bond donors (Lipinski definition) is 1. The number of pyridine rings is 1. The van der Waals surface area contributed by atoms with Gasteiger partial charge in [-0.1, -0.05) is 19.4 Å². The van der Waals surface area contributed by atoms with E-state index in [0.29, 0.717) is 30.0 Å². The summed E-state index contributed by atoms with van der Waals surface area (Å²) in [5.74, 6) is 0.351. The maximum Gasteiger partial charge on any atom is 0.271 e. The van der Waals surface area contributed by atoms with Crippen molar-refractivity contribution in [2.24, 2.45) is 10.2 Å². The predicted octanol–water partition coefficient (Wildman–Crippen LogP) is 3.96. The molecule has 2 rings (SSSR count). The zero-order valence-electron chi connectivity index (χ0n) is 14.5. The third kappa shape index (κ3) is 3.86. The van der Waals surface area contributed by atoms with Gasteiger partial charge in [0.15, 0.2) is 5.69 Å². The molecule has 0 spiro atoms. The van der Waals surface area contributed by atoms with E-state index in [1.54, 1.807) is 38.3 Å². The van der Waals surface area contributed by atoms with Gasteiger partial charge in [-0.3, -0.25) is 9.36 Å². The first-order valence-electron chi connectivity index (χ1n) is 7.95. The van der Waals surface area contributed by atoms with Crippen LogP contribution in [0.3, 0.4) is 0 Å². The van der Waals surface area contributed by atoms with Crippen molar-refractivity contribution in [3.63, 3.8) is 0 Å². The SMILES string of the molecule is CCCCn1c(O)c(/N=N/c2cccc(OC)c2)c(C)c(C#N)c1=O. The Kier molecular flexibility index (Phi) is 5.90. The van der Waals surface area contributed by atoms with Crippen molar-refractivity contribution in [3.05, 3.63) is 45.7 Å². The molecule has 0 saturated carbocycles. The summed E-state index contributed by atoms with van der Waals surface area (Å²) >= 11 is 0. The van der Waals surface area contributed by atoms with E-state index in [9.17, 15) is 15.2 Å². The number of nitrogens with zero attached hydrogens (tertiary/aromatic N) is 4. The molecule has 0 aliphatic heterocycles. The monoisotopic (exact) mass is 340 g/mol. The maximum atomic E-state index is 12.3. The van der Waals surface area contributed by atoms with Gasteiger partial charge in [0.05, 0.1) is 12.8 Å². The molecule has 0 aliphatic rings. The minimum Gasteiger partial charge on any atom is -0.497 e. The molecule has 1 heterocycles. The van der Waals surface area contributed by atoms with Gasteiger partial charge in [0.25, 0.3) is 5.56 Å². The van der Waals surface area contributed by atoms with Gasteiger partial charge in [-0.2, -0.15) is 10.4 Å². The van der Waals surface area contributed by atoms with Crippen molar-refractivity contribution in [2.75, 3.05) is 7.11 Å². The van der Waals surface area contributed by atoms with Gasteiger partial charge in [0, 0.05) is 18.2 Å². The number of aromatic hydroxyl groups is 1. The normalized spacial score (nSPS) is 10.8. The average Bonchev–Trinajstić information content (AvgIpc) is 2.62. The number of aromatic nitrogens is 1. The molecule has 0 aliphatic carbocycles. The summed E-state index contributed by atoms with van der Waals surface area (Å²) < 4.78 is 6.31. The van der Waals surface area contributed by atoms with E-state index in [1.807, 2.05) is 13.0 Å². The van der Waals surface area contributed by atoms with Crippen LogP contribution >= 0.6 is 0 Å². The highest BCUT2D eigenvalue weighted by molar-refractivity contribution is 5.59. The van der Waals surface area contributed by atoms with Crippen LogP contribution in [0.2, 0.25) is 0 Å². The number of azo groups is 1. The Morgan fingerprint density at radius 3 is 2.76 bits per heavy atom. The van der Waals surface area contributed by atoms with Gasteiger partial charge in [-0.25, -0.2) is 0 Å². The molecule has 0 atom stereocenters. The molecule has 0 bridgehead atoms. The lowest BCUT2D eigenvalue weighted by Crippen LogP contribution is -2.23. The van der Waals surface area contributed by atoms with Crippen LogP contribution in [-0.4, -0.2) is 16.8 Å². The second kappa shape index (κ2) is 8.11. The van der Waals surface area contributed by atoms with Gasteiger partial charge in [0.1, 0.15) is 17.4 Å². The lowest BCUT2D eigenvalue weighted by molar-refractivity contribution is 0.402. The van der Waals surface area contributed by atoms with Crippen molar-refractivity contribution >= 4 is 11.4 Å². The molecule has 1 N–H and O–H groups in total. The summed E-state index contributed by atoms with van der Waals surface area (Å²) in [7, 11) is 1.55. The lowest BCUT2D eigenvalue weighted by Gasteiger charge is -2.12. The minimum absolute atomic E-state index is 0.0338. The first kappa shape index (κ1) is 18.2. The van der Waals surface area contributed by atoms with Crippen LogP contribution in [0.5, 0.6) is 11.6 Å². The topological polar surface area (TPSA) is 100.0 Å². The Balaban J connectivity index is 2.54. The van der Waals surface area contributed by atoms with Gasteiger partial charge in [-0.05, 0) is 25.5 Å². The van der Waals surface area contributed by atoms with Crippen molar-refractivity contribution in [2.45, 2.75) is 33.2 Å². The second-order valence-corrected chi connectivity index (χ2v) is 5.50. The van der Waals surface area contributed by atoms with Crippen LogP contribution in [0.15, 0.2) is 39.3 Å². The molecular weight excluding hydrogens is 320 g/mol. The zero-order chi connectivity index (χ0) is 18.4. The van der Waals surface area contributed by atoms with Crippen LogP contribution < -0.4 is 10.3 Å². The number of nitriles is 1. The zero-order valence-corrected chi connectivity index (χ0v) is 14.5. The number of ether oxygens (including phenoxy) is 1. The quantitative estimate of drug-likeness (QED) is 0.804. The van der Waals surface area contributed by atoms with E-state index >= 15 is 0 Å². The van der Waals surface area contributed by atoms with E-state index in [0.717, 1.165) is 6.42 Å². The summed E-state index contributed by atoms with van der Waals surface area (Å²) in [5.41, 5.74) is 0.419. The average molecular weight is 340 g/mol. The maximum absolute atomic E-state index is 12.3. The molecule has 25 heavy (non-hydrogen) atoms. The van der Waals surface area contributed by atoms with Gasteiger partial charge < -0.3 is 9.84 Å². The third-order valence-corrected chi connectivity index (χ3v) is 3.82. The summed E-state index contributed by atoms with van der Waals surface area (Å²) in [6.45, 7) is 3.87. The highest BCUT2D eigenvalue weighted by atomic mass is 16.5. The molecule has 1 aromatic heterocycles. The van der Waals surface area contributed by atoms with Crippen molar-refractivity contribution < 1.29 is 9.84 Å². The molecule has 2 aromatic rings. The molecule has 0 radical (unpaired) electrons. The number of hydrogen-bond acceptors (Lipinski definition) is 6. The van der Waals surface area contributed by atoms with E-state index in [2.05, 4.69) is 10.2 Å². The molecule has 7 nitrogen and oxygen atoms in total. The lowest BCUT2D eigenvalue weighted by atomic mass is 10.1. The van der Waals surface area contributed by atoms with E-state index in [1.165, 1.54) is 4.57 Å². The van der Waals surface area contributed by atoms with Crippen molar-refractivity contribution in [1.82, 2.24) is 4.57 Å². The molecule has 7 heteroatoms. The molecule has 0 saturated heterocycles. The van der Waals surface area contributed by atoms with Crippen LogP contribution in [0.1, 0.15) is 30.9 Å². The third-order valence-electron chi connectivity index (χ3n) is 3.82. The fraction of sp³-hybridized carbons (Fsp3) is 0.333. The van der Waals surface area contributed by atoms with Crippen LogP contribution in [0.25, 0.3) is 0 Å². The van der Waals surface area contributed by atoms with Crippen LogP contribution in [-0.2, 0) is 6.54 Å². The Bertz CT molecular complexity index is 894. The Morgan fingerprint density at radius 2 is 2.12 bits per heavy atom. The standard InChI is InChI=1S/C18H20N4O3/c1-4-5-9-22-17(23)15(11-19)12(2)16(18(22)24)21-20-13-7-6-8-14(10-13)25-3/h6-8,10,24H,4-5,9H2,1-3H3/b21-20+. The summed E-state index contributed by atoms with van der Waals surface area (Å²) in [5, 5.41) is 27.9. The highest BCUT2D eigenvalue weighted by Gasteiger charge is 2.18. The highest BCUT2D eigenvalue weighted by Crippen LogP contribution is 2.32. The number of rotatable bonds is 6.